The first kappa shape index (κ1) is 33.0. The second-order valence-corrected chi connectivity index (χ2v) is 13.6. The SMILES string of the molecule is COC[C@H]1CC[C@H](NC(=O)[C@@H]2CN(C(=O)OC(C)(C)C)C[C@H](C(=O)N(c3cc(OC)c(C(C)C)cn3)C3CC3)[C@@H]2O)CC1. The van der Waals surface area contributed by atoms with E-state index in [1.807, 2.05) is 13.8 Å². The molecule has 2 saturated carbocycles. The molecule has 0 bridgehead atoms. The highest BCUT2D eigenvalue weighted by Gasteiger charge is 2.49. The molecule has 2 N–H and O–H groups in total. The van der Waals surface area contributed by atoms with Crippen LogP contribution >= 0.6 is 0 Å². The Balaban J connectivity index is 1.58. The normalized spacial score (nSPS) is 26.2. The number of carbonyl (C=O) groups is 3. The second kappa shape index (κ2) is 13.8. The number of amides is 3. The van der Waals surface area contributed by atoms with Gasteiger partial charge in [0.25, 0.3) is 0 Å². The molecule has 3 amide bonds. The molecule has 4 rings (SSSR count). The lowest BCUT2D eigenvalue weighted by Gasteiger charge is -2.42. The minimum absolute atomic E-state index is 0.0297. The monoisotopic (exact) mass is 602 g/mol. The third-order valence-corrected chi connectivity index (χ3v) is 8.68. The molecule has 2 heterocycles. The number of ether oxygens (including phenoxy) is 3. The maximum Gasteiger partial charge on any atom is 0.410 e. The Kier molecular flexibility index (Phi) is 10.6. The zero-order chi connectivity index (χ0) is 31.5. The number of nitrogens with one attached hydrogen (secondary N) is 1. The summed E-state index contributed by atoms with van der Waals surface area (Å²) in [5.41, 5.74) is 0.167. The molecule has 11 nitrogen and oxygen atoms in total. The van der Waals surface area contributed by atoms with Crippen LogP contribution in [0.3, 0.4) is 0 Å². The van der Waals surface area contributed by atoms with Crippen molar-refractivity contribution in [3.05, 3.63) is 17.8 Å². The fourth-order valence-electron chi connectivity index (χ4n) is 6.17. The van der Waals surface area contributed by atoms with Gasteiger partial charge in [0.05, 0.1) is 25.0 Å². The number of aliphatic hydroxyl groups is 1. The molecule has 3 atom stereocenters. The average Bonchev–Trinajstić information content (AvgIpc) is 3.78. The Bertz CT molecular complexity index is 1140. The van der Waals surface area contributed by atoms with Gasteiger partial charge < -0.3 is 29.5 Å². The van der Waals surface area contributed by atoms with Crippen LogP contribution in [-0.4, -0.2) is 90.6 Å². The van der Waals surface area contributed by atoms with Crippen molar-refractivity contribution in [2.24, 2.45) is 17.8 Å². The first-order chi connectivity index (χ1) is 20.3. The fourth-order valence-corrected chi connectivity index (χ4v) is 6.17. The number of carbonyl (C=O) groups excluding carboxylic acids is 3. The molecule has 240 valence electrons. The number of rotatable bonds is 9. The molecule has 0 spiro atoms. The van der Waals surface area contributed by atoms with Crippen LogP contribution in [0.25, 0.3) is 0 Å². The zero-order valence-corrected chi connectivity index (χ0v) is 26.8. The lowest BCUT2D eigenvalue weighted by molar-refractivity contribution is -0.141. The van der Waals surface area contributed by atoms with Gasteiger partial charge in [-0.1, -0.05) is 13.8 Å². The summed E-state index contributed by atoms with van der Waals surface area (Å²) < 4.78 is 16.5. The first-order valence-corrected chi connectivity index (χ1v) is 15.6. The molecule has 0 unspecified atom stereocenters. The topological polar surface area (TPSA) is 131 Å². The van der Waals surface area contributed by atoms with Crippen LogP contribution in [0.1, 0.15) is 84.6 Å². The average molecular weight is 603 g/mol. The van der Waals surface area contributed by atoms with E-state index in [9.17, 15) is 19.5 Å². The molecule has 0 radical (unpaired) electrons. The van der Waals surface area contributed by atoms with Crippen molar-refractivity contribution in [2.75, 3.05) is 38.8 Å². The van der Waals surface area contributed by atoms with Gasteiger partial charge in [-0.15, -0.1) is 0 Å². The zero-order valence-electron chi connectivity index (χ0n) is 26.8. The quantitative estimate of drug-likeness (QED) is 0.436. The van der Waals surface area contributed by atoms with Gasteiger partial charge in [0.1, 0.15) is 17.2 Å². The third kappa shape index (κ3) is 8.17. The Morgan fingerprint density at radius 3 is 2.28 bits per heavy atom. The number of nitrogens with zero attached hydrogens (tertiary/aromatic N) is 3. The molecule has 0 aromatic carbocycles. The van der Waals surface area contributed by atoms with E-state index in [0.29, 0.717) is 24.1 Å². The molecule has 2 aliphatic carbocycles. The number of likely N-dealkylation sites (tertiary alicyclic amines) is 1. The van der Waals surface area contributed by atoms with E-state index < -0.39 is 29.6 Å². The van der Waals surface area contributed by atoms with Gasteiger partial charge in [-0.2, -0.15) is 0 Å². The number of aliphatic hydroxyl groups excluding tert-OH is 1. The minimum Gasteiger partial charge on any atom is -0.496 e. The molecule has 1 aliphatic heterocycles. The summed E-state index contributed by atoms with van der Waals surface area (Å²) in [4.78, 5) is 48.8. The van der Waals surface area contributed by atoms with Crippen molar-refractivity contribution in [3.8, 4) is 5.75 Å². The fraction of sp³-hybridized carbons (Fsp3) is 0.750. The highest BCUT2D eigenvalue weighted by molar-refractivity contribution is 5.97. The largest absolute Gasteiger partial charge is 0.496 e. The van der Waals surface area contributed by atoms with Crippen LogP contribution in [0, 0.1) is 17.8 Å². The van der Waals surface area contributed by atoms with E-state index in [0.717, 1.165) is 44.1 Å². The molecule has 1 saturated heterocycles. The van der Waals surface area contributed by atoms with Crippen LogP contribution in [0.15, 0.2) is 12.3 Å². The predicted molar refractivity (Wildman–Crippen MR) is 162 cm³/mol. The Morgan fingerprint density at radius 2 is 1.72 bits per heavy atom. The smallest absolute Gasteiger partial charge is 0.410 e. The number of hydrogen-bond donors (Lipinski definition) is 2. The molecule has 1 aromatic rings. The molecule has 3 aliphatic rings. The minimum atomic E-state index is -1.28. The second-order valence-electron chi connectivity index (χ2n) is 13.6. The summed E-state index contributed by atoms with van der Waals surface area (Å²) in [5, 5.41) is 14.7. The summed E-state index contributed by atoms with van der Waals surface area (Å²) in [6, 6.07) is 1.66. The molecule has 3 fully saturated rings. The van der Waals surface area contributed by atoms with E-state index >= 15 is 0 Å². The standard InChI is InChI=1S/C32H50N4O7/c1-19(2)23-15-33-27(14-26(23)42-7)36(22-12-13-22)30(39)25-17-35(31(40)43-32(3,4)5)16-24(28(25)37)29(38)34-21-10-8-20(9-11-21)18-41-6/h14-15,19-22,24-25,28,37H,8-13,16-18H2,1-7H3,(H,34,38)/t20-,21-,24-,25+,28-/m1/s1. The molecule has 1 aromatic heterocycles. The Labute approximate surface area is 255 Å². The van der Waals surface area contributed by atoms with Crippen LogP contribution in [0.4, 0.5) is 10.6 Å². The van der Waals surface area contributed by atoms with Crippen molar-refractivity contribution in [1.29, 1.82) is 0 Å². The van der Waals surface area contributed by atoms with E-state index in [-0.39, 0.29) is 42.9 Å². The van der Waals surface area contributed by atoms with Crippen LogP contribution in [0.5, 0.6) is 5.75 Å². The highest BCUT2D eigenvalue weighted by atomic mass is 16.6. The molecular formula is C32H50N4O7. The van der Waals surface area contributed by atoms with Crippen LogP contribution in [0.2, 0.25) is 0 Å². The van der Waals surface area contributed by atoms with Gasteiger partial charge in [-0.05, 0) is 71.1 Å². The number of piperidine rings is 1. The van der Waals surface area contributed by atoms with Crippen molar-refractivity contribution < 1.29 is 33.7 Å². The van der Waals surface area contributed by atoms with Crippen molar-refractivity contribution in [2.45, 2.75) is 103 Å². The van der Waals surface area contributed by atoms with Crippen molar-refractivity contribution >= 4 is 23.7 Å². The van der Waals surface area contributed by atoms with Crippen molar-refractivity contribution in [1.82, 2.24) is 15.2 Å². The van der Waals surface area contributed by atoms with E-state index in [1.165, 1.54) is 4.90 Å². The van der Waals surface area contributed by atoms with Gasteiger partial charge >= 0.3 is 6.09 Å². The van der Waals surface area contributed by atoms with Gasteiger partial charge in [0.2, 0.25) is 11.8 Å². The van der Waals surface area contributed by atoms with Crippen LogP contribution < -0.4 is 15.0 Å². The van der Waals surface area contributed by atoms with Gasteiger partial charge in [-0.25, -0.2) is 9.78 Å². The number of aromatic nitrogens is 1. The highest BCUT2D eigenvalue weighted by Crippen LogP contribution is 2.37. The number of pyridine rings is 1. The molecular weight excluding hydrogens is 552 g/mol. The summed E-state index contributed by atoms with van der Waals surface area (Å²) >= 11 is 0. The lowest BCUT2D eigenvalue weighted by Crippen LogP contribution is -2.61. The summed E-state index contributed by atoms with van der Waals surface area (Å²) in [7, 11) is 3.29. The van der Waals surface area contributed by atoms with E-state index in [2.05, 4.69) is 10.3 Å². The maximum atomic E-state index is 14.3. The van der Waals surface area contributed by atoms with Crippen molar-refractivity contribution in [3.63, 3.8) is 0 Å². The van der Waals surface area contributed by atoms with Gasteiger partial charge in [-0.3, -0.25) is 14.5 Å². The lowest BCUT2D eigenvalue weighted by atomic mass is 9.83. The third-order valence-electron chi connectivity index (χ3n) is 8.68. The predicted octanol–water partition coefficient (Wildman–Crippen LogP) is 3.87. The number of hydrogen-bond acceptors (Lipinski definition) is 8. The Hall–Kier alpha value is -2.92. The summed E-state index contributed by atoms with van der Waals surface area (Å²) in [6.45, 7) is 10.00. The van der Waals surface area contributed by atoms with E-state index in [4.69, 9.17) is 14.2 Å². The molecule has 43 heavy (non-hydrogen) atoms. The molecule has 11 heteroatoms. The Morgan fingerprint density at radius 1 is 1.07 bits per heavy atom. The maximum absolute atomic E-state index is 14.3. The summed E-state index contributed by atoms with van der Waals surface area (Å²) in [6.07, 6.45) is 4.95. The van der Waals surface area contributed by atoms with Crippen LogP contribution in [-0.2, 0) is 19.1 Å². The number of anilines is 1. The van der Waals surface area contributed by atoms with Gasteiger partial charge in [0, 0.05) is 56.7 Å². The summed E-state index contributed by atoms with van der Waals surface area (Å²) in [5.74, 6) is -1.02. The first-order valence-electron chi connectivity index (χ1n) is 15.6. The van der Waals surface area contributed by atoms with E-state index in [1.54, 1.807) is 52.2 Å². The number of methoxy groups -OCH3 is 2. The van der Waals surface area contributed by atoms with Gasteiger partial charge in [0.15, 0.2) is 0 Å².